The number of hydrogen-bond acceptors (Lipinski definition) is 2. The summed E-state index contributed by atoms with van der Waals surface area (Å²) < 4.78 is 9.76. The Labute approximate surface area is 50.5 Å². The van der Waals surface area contributed by atoms with E-state index in [1.54, 1.807) is 0 Å². The predicted octanol–water partition coefficient (Wildman–Crippen LogP) is 1.99. The highest BCUT2D eigenvalue weighted by atomic mass is 31.1. The molecule has 0 heterocycles. The Kier molecular flexibility index (Phi) is 4.78. The van der Waals surface area contributed by atoms with Crippen LogP contribution in [0.15, 0.2) is 0 Å². The lowest BCUT2D eigenvalue weighted by Crippen LogP contribution is -1.83. The molecule has 0 amide bonds. The second-order valence-corrected chi connectivity index (χ2v) is 2.27. The van der Waals surface area contributed by atoms with Gasteiger partial charge in [0, 0.05) is 6.42 Å². The fourth-order valence-electron chi connectivity index (χ4n) is 0.374. The van der Waals surface area contributed by atoms with Gasteiger partial charge in [-0.1, -0.05) is 13.3 Å². The zero-order valence-corrected chi connectivity index (χ0v) is 5.78. The fourth-order valence-corrected chi connectivity index (χ4v) is 0.623. The van der Waals surface area contributed by atoms with Crippen LogP contribution >= 0.6 is 8.46 Å². The van der Waals surface area contributed by atoms with Crippen molar-refractivity contribution in [3.05, 3.63) is 0 Å². The number of carbonyl (C=O) groups excluding carboxylic acids is 1. The van der Waals surface area contributed by atoms with Crippen molar-refractivity contribution in [1.29, 1.82) is 0 Å². The summed E-state index contributed by atoms with van der Waals surface area (Å²) in [4.78, 5) is 10.2. The molecule has 0 aliphatic heterocycles. The molecule has 0 unspecified atom stereocenters. The van der Waals surface area contributed by atoms with Gasteiger partial charge in [-0.3, -0.25) is 9.36 Å². The average molecular weight is 132 g/mol. The minimum atomic E-state index is -0.336. The smallest absolute Gasteiger partial charge is 0.231 e. The molecule has 0 spiro atoms. The van der Waals surface area contributed by atoms with Gasteiger partial charge in [-0.15, -0.1) is 0 Å². The van der Waals surface area contributed by atoms with Crippen LogP contribution in [0, 0.1) is 0 Å². The van der Waals surface area contributed by atoms with Gasteiger partial charge in [0.1, 0.15) is 0 Å². The van der Waals surface area contributed by atoms with Gasteiger partial charge in [0.25, 0.3) is 0 Å². The van der Waals surface area contributed by atoms with Crippen molar-refractivity contribution in [3.8, 4) is 0 Å². The maximum absolute atomic E-state index is 10.2. The van der Waals surface area contributed by atoms with Crippen molar-refractivity contribution in [2.45, 2.75) is 26.2 Å². The number of rotatable bonds is 4. The minimum Gasteiger partial charge on any atom is -0.286 e. The molecule has 0 radical (unpaired) electrons. The summed E-state index contributed by atoms with van der Waals surface area (Å²) in [5.41, 5.74) is -0.188. The SMILES string of the molecule is CCCCC(=O)P=O. The highest BCUT2D eigenvalue weighted by Gasteiger charge is 1.96. The van der Waals surface area contributed by atoms with E-state index in [1.165, 1.54) is 0 Å². The van der Waals surface area contributed by atoms with Gasteiger partial charge in [-0.05, 0) is 6.42 Å². The molecule has 0 saturated heterocycles. The molecule has 46 valence electrons. The largest absolute Gasteiger partial charge is 0.286 e. The van der Waals surface area contributed by atoms with Gasteiger partial charge in [-0.2, -0.15) is 0 Å². The molecule has 0 aromatic heterocycles. The predicted molar refractivity (Wildman–Crippen MR) is 32.1 cm³/mol. The third kappa shape index (κ3) is 3.94. The summed E-state index contributed by atoms with van der Waals surface area (Å²) in [6.45, 7) is 2.00. The third-order valence-electron chi connectivity index (χ3n) is 0.846. The van der Waals surface area contributed by atoms with Crippen molar-refractivity contribution < 1.29 is 9.36 Å². The molecule has 3 heteroatoms. The summed E-state index contributed by atoms with van der Waals surface area (Å²) in [5, 5.41) is 0. The minimum absolute atomic E-state index is 0.188. The molecule has 0 aliphatic rings. The summed E-state index contributed by atoms with van der Waals surface area (Å²) >= 11 is 0. The maximum atomic E-state index is 10.2. The zero-order chi connectivity index (χ0) is 6.41. The van der Waals surface area contributed by atoms with Crippen LogP contribution in [0.1, 0.15) is 26.2 Å². The van der Waals surface area contributed by atoms with Gasteiger partial charge in [0.05, 0.1) is 0 Å². The molecule has 0 N–H and O–H groups in total. The summed E-state index contributed by atoms with van der Waals surface area (Å²) in [6.07, 6.45) is 2.30. The van der Waals surface area contributed by atoms with Crippen LogP contribution in [0.25, 0.3) is 0 Å². The highest BCUT2D eigenvalue weighted by Crippen LogP contribution is 2.03. The monoisotopic (exact) mass is 132 g/mol. The van der Waals surface area contributed by atoms with Crippen LogP contribution in [0.5, 0.6) is 0 Å². The Morgan fingerprint density at radius 1 is 1.62 bits per heavy atom. The maximum Gasteiger partial charge on any atom is 0.231 e. The highest BCUT2D eigenvalue weighted by molar-refractivity contribution is 7.46. The van der Waals surface area contributed by atoms with Gasteiger partial charge in [-0.25, -0.2) is 0 Å². The molecule has 0 fully saturated rings. The molecule has 0 bridgehead atoms. The second kappa shape index (κ2) is 4.92. The second-order valence-electron chi connectivity index (χ2n) is 1.59. The molecule has 8 heavy (non-hydrogen) atoms. The molecular formula is C5H9O2P. The molecule has 2 nitrogen and oxygen atoms in total. The van der Waals surface area contributed by atoms with E-state index >= 15 is 0 Å². The van der Waals surface area contributed by atoms with E-state index in [-0.39, 0.29) is 14.0 Å². The van der Waals surface area contributed by atoms with Crippen LogP contribution in [-0.2, 0) is 9.36 Å². The normalized spacial score (nSPS) is 9.62. The van der Waals surface area contributed by atoms with Crippen LogP contribution in [0.2, 0.25) is 0 Å². The van der Waals surface area contributed by atoms with Crippen LogP contribution < -0.4 is 0 Å². The Hall–Kier alpha value is -0.230. The van der Waals surface area contributed by atoms with Crippen LogP contribution in [-0.4, -0.2) is 5.52 Å². The van der Waals surface area contributed by atoms with E-state index in [0.717, 1.165) is 12.8 Å². The van der Waals surface area contributed by atoms with E-state index in [2.05, 4.69) is 0 Å². The number of carbonyl (C=O) groups is 1. The number of hydrogen-bond donors (Lipinski definition) is 0. The Balaban J connectivity index is 3.11. The molecule has 0 aromatic carbocycles. The van der Waals surface area contributed by atoms with E-state index in [0.29, 0.717) is 6.42 Å². The summed E-state index contributed by atoms with van der Waals surface area (Å²) in [6, 6.07) is 0. The lowest BCUT2D eigenvalue weighted by atomic mass is 10.3. The Morgan fingerprint density at radius 3 is 2.62 bits per heavy atom. The average Bonchev–Trinajstić information content (AvgIpc) is 1.83. The van der Waals surface area contributed by atoms with Gasteiger partial charge in [0.15, 0.2) is 0 Å². The quantitative estimate of drug-likeness (QED) is 0.548. The van der Waals surface area contributed by atoms with E-state index in [4.69, 9.17) is 0 Å². The fraction of sp³-hybridized carbons (Fsp3) is 0.800. The van der Waals surface area contributed by atoms with Crippen molar-refractivity contribution in [3.63, 3.8) is 0 Å². The van der Waals surface area contributed by atoms with Gasteiger partial charge >= 0.3 is 0 Å². The van der Waals surface area contributed by atoms with Gasteiger partial charge in [0.2, 0.25) is 14.0 Å². The molecule has 0 atom stereocenters. The first-order valence-electron chi connectivity index (χ1n) is 2.67. The lowest BCUT2D eigenvalue weighted by Gasteiger charge is -1.84. The first kappa shape index (κ1) is 7.77. The van der Waals surface area contributed by atoms with Crippen molar-refractivity contribution in [2.75, 3.05) is 0 Å². The number of unbranched alkanes of at least 4 members (excludes halogenated alkanes) is 1. The molecule has 0 rings (SSSR count). The van der Waals surface area contributed by atoms with Crippen LogP contribution in [0.3, 0.4) is 0 Å². The lowest BCUT2D eigenvalue weighted by molar-refractivity contribution is -0.111. The molecule has 0 saturated carbocycles. The van der Waals surface area contributed by atoms with E-state index in [1.807, 2.05) is 6.92 Å². The van der Waals surface area contributed by atoms with Crippen LogP contribution in [0.4, 0.5) is 0 Å². The summed E-state index contributed by atoms with van der Waals surface area (Å²) in [5.74, 6) is 0. The first-order valence-corrected chi connectivity index (χ1v) is 3.48. The van der Waals surface area contributed by atoms with Crippen molar-refractivity contribution in [1.82, 2.24) is 0 Å². The first-order chi connectivity index (χ1) is 3.81. The summed E-state index contributed by atoms with van der Waals surface area (Å²) in [7, 11) is -0.336. The van der Waals surface area contributed by atoms with Gasteiger partial charge < -0.3 is 0 Å². The standard InChI is InChI=1S/C5H9O2P/c1-2-3-4-5(6)8-7/h2-4H2,1H3. The Bertz CT molecular complexity index is 90.4. The zero-order valence-electron chi connectivity index (χ0n) is 4.89. The van der Waals surface area contributed by atoms with E-state index < -0.39 is 0 Å². The van der Waals surface area contributed by atoms with Crippen molar-refractivity contribution >= 4 is 14.0 Å². The topological polar surface area (TPSA) is 34.1 Å². The van der Waals surface area contributed by atoms with E-state index in [9.17, 15) is 9.36 Å². The molecular weight excluding hydrogens is 123 g/mol. The van der Waals surface area contributed by atoms with Crippen molar-refractivity contribution in [2.24, 2.45) is 0 Å². The molecule has 0 aromatic rings. The Morgan fingerprint density at radius 2 is 2.25 bits per heavy atom. The molecule has 0 aliphatic carbocycles. The third-order valence-corrected chi connectivity index (χ3v) is 1.27.